The molecule has 0 saturated carbocycles. The van der Waals surface area contributed by atoms with Crippen LogP contribution in [-0.2, 0) is 0 Å². The van der Waals surface area contributed by atoms with E-state index < -0.39 is 0 Å². The number of aryl methyl sites for hydroxylation is 1. The Kier molecular flexibility index (Phi) is 4.31. The summed E-state index contributed by atoms with van der Waals surface area (Å²) in [5.74, 6) is 0.567. The number of hydrogen-bond acceptors (Lipinski definition) is 5. The van der Waals surface area contributed by atoms with Crippen LogP contribution in [0.5, 0.6) is 0 Å². The lowest BCUT2D eigenvalue weighted by Crippen LogP contribution is -2.33. The minimum atomic E-state index is -0.257. The van der Waals surface area contributed by atoms with E-state index in [9.17, 15) is 4.79 Å². The van der Waals surface area contributed by atoms with Crippen LogP contribution in [0.2, 0.25) is 0 Å². The van der Waals surface area contributed by atoms with Crippen LogP contribution in [0, 0.1) is 29.6 Å². The van der Waals surface area contributed by atoms with Gasteiger partial charge in [-0.05, 0) is 43.9 Å². The fraction of sp³-hybridized carbons (Fsp3) is 0.333. The number of rotatable bonds is 2. The Morgan fingerprint density at radius 1 is 1.25 bits per heavy atom. The van der Waals surface area contributed by atoms with Crippen molar-refractivity contribution in [3.8, 4) is 12.1 Å². The third kappa shape index (κ3) is 2.75. The number of allylic oxidation sites excluding steroid dienone is 1. The zero-order valence-corrected chi connectivity index (χ0v) is 13.5. The standard InChI is InChI=1S/C18H17N5O/c1-13-6-5-9-23-16(13)21-17(22-7-3-2-4-8-22)15(18(23)24)10-14(11-19)12-20/h5-6,9-10H,2-4,7-8H2,1H3. The molecular formula is C18H17N5O. The smallest absolute Gasteiger partial charge is 0.267 e. The molecule has 6 nitrogen and oxygen atoms in total. The molecular weight excluding hydrogens is 302 g/mol. The van der Waals surface area contributed by atoms with Gasteiger partial charge in [-0.15, -0.1) is 0 Å². The molecule has 1 fully saturated rings. The maximum atomic E-state index is 12.9. The zero-order chi connectivity index (χ0) is 17.1. The molecule has 0 bridgehead atoms. The second-order valence-corrected chi connectivity index (χ2v) is 5.87. The Hall–Kier alpha value is -3.12. The molecule has 0 aliphatic carbocycles. The summed E-state index contributed by atoms with van der Waals surface area (Å²) in [5, 5.41) is 18.1. The minimum absolute atomic E-state index is 0.0974. The Labute approximate surface area is 139 Å². The lowest BCUT2D eigenvalue weighted by molar-refractivity contribution is 0.573. The lowest BCUT2D eigenvalue weighted by atomic mass is 10.1. The summed E-state index contributed by atoms with van der Waals surface area (Å²) in [6, 6.07) is 7.34. The first kappa shape index (κ1) is 15.8. The minimum Gasteiger partial charge on any atom is -0.356 e. The highest BCUT2D eigenvalue weighted by molar-refractivity contribution is 5.72. The fourth-order valence-electron chi connectivity index (χ4n) is 3.01. The molecule has 3 heterocycles. The van der Waals surface area contributed by atoms with Crippen LogP contribution in [0.1, 0.15) is 30.4 Å². The van der Waals surface area contributed by atoms with E-state index in [-0.39, 0.29) is 11.1 Å². The summed E-state index contributed by atoms with van der Waals surface area (Å²) >= 11 is 0. The molecule has 120 valence electrons. The predicted molar refractivity (Wildman–Crippen MR) is 91.5 cm³/mol. The first-order valence-electron chi connectivity index (χ1n) is 7.94. The Balaban J connectivity index is 2.32. The van der Waals surface area contributed by atoms with Crippen molar-refractivity contribution in [1.29, 1.82) is 10.5 Å². The van der Waals surface area contributed by atoms with E-state index in [0.717, 1.165) is 37.9 Å². The Morgan fingerprint density at radius 3 is 2.62 bits per heavy atom. The van der Waals surface area contributed by atoms with Gasteiger partial charge in [0.1, 0.15) is 29.2 Å². The zero-order valence-electron chi connectivity index (χ0n) is 13.5. The van der Waals surface area contributed by atoms with Gasteiger partial charge in [-0.1, -0.05) is 6.07 Å². The second-order valence-electron chi connectivity index (χ2n) is 5.87. The number of nitriles is 2. The highest BCUT2D eigenvalue weighted by Gasteiger charge is 2.20. The molecule has 3 rings (SSSR count). The molecule has 6 heteroatoms. The van der Waals surface area contributed by atoms with Gasteiger partial charge in [0, 0.05) is 19.3 Å². The van der Waals surface area contributed by atoms with Gasteiger partial charge in [-0.25, -0.2) is 4.98 Å². The monoisotopic (exact) mass is 319 g/mol. The summed E-state index contributed by atoms with van der Waals surface area (Å²) in [5.41, 5.74) is 1.46. The quantitative estimate of drug-likeness (QED) is 0.794. The highest BCUT2D eigenvalue weighted by atomic mass is 16.1. The summed E-state index contributed by atoms with van der Waals surface area (Å²) in [4.78, 5) is 19.7. The van der Waals surface area contributed by atoms with Crippen molar-refractivity contribution in [2.45, 2.75) is 26.2 Å². The van der Waals surface area contributed by atoms with Gasteiger partial charge in [0.15, 0.2) is 0 Å². The van der Waals surface area contributed by atoms with Crippen LogP contribution >= 0.6 is 0 Å². The summed E-state index contributed by atoms with van der Waals surface area (Å²) in [7, 11) is 0. The van der Waals surface area contributed by atoms with E-state index in [1.807, 2.05) is 25.1 Å². The molecule has 24 heavy (non-hydrogen) atoms. The van der Waals surface area contributed by atoms with Crippen LogP contribution in [0.4, 0.5) is 5.82 Å². The number of fused-ring (bicyclic) bond motifs is 1. The third-order valence-electron chi connectivity index (χ3n) is 4.25. The number of anilines is 1. The third-order valence-corrected chi connectivity index (χ3v) is 4.25. The lowest BCUT2D eigenvalue weighted by Gasteiger charge is -2.29. The molecule has 0 N–H and O–H groups in total. The maximum absolute atomic E-state index is 12.9. The van der Waals surface area contributed by atoms with Gasteiger partial charge in [0.2, 0.25) is 0 Å². The molecule has 1 aliphatic heterocycles. The largest absolute Gasteiger partial charge is 0.356 e. The molecule has 0 amide bonds. The van der Waals surface area contributed by atoms with Crippen molar-refractivity contribution >= 4 is 17.5 Å². The van der Waals surface area contributed by atoms with Crippen LogP contribution in [0.25, 0.3) is 11.7 Å². The number of aromatic nitrogens is 2. The summed E-state index contributed by atoms with van der Waals surface area (Å²) in [6.45, 7) is 3.56. The molecule has 0 atom stereocenters. The van der Waals surface area contributed by atoms with Crippen molar-refractivity contribution in [1.82, 2.24) is 9.38 Å². The van der Waals surface area contributed by atoms with E-state index in [4.69, 9.17) is 15.5 Å². The molecule has 1 saturated heterocycles. The maximum Gasteiger partial charge on any atom is 0.267 e. The van der Waals surface area contributed by atoms with Crippen LogP contribution in [0.3, 0.4) is 0 Å². The molecule has 2 aromatic heterocycles. The normalized spacial score (nSPS) is 14.0. The van der Waals surface area contributed by atoms with Gasteiger partial charge in [0.25, 0.3) is 5.56 Å². The summed E-state index contributed by atoms with van der Waals surface area (Å²) < 4.78 is 1.47. The Morgan fingerprint density at radius 2 is 1.96 bits per heavy atom. The van der Waals surface area contributed by atoms with Crippen molar-refractivity contribution < 1.29 is 0 Å². The molecule has 0 aromatic carbocycles. The topological polar surface area (TPSA) is 85.2 Å². The van der Waals surface area contributed by atoms with Gasteiger partial charge in [-0.2, -0.15) is 10.5 Å². The van der Waals surface area contributed by atoms with Crippen molar-refractivity contribution in [2.75, 3.05) is 18.0 Å². The first-order valence-corrected chi connectivity index (χ1v) is 7.94. The summed E-state index contributed by atoms with van der Waals surface area (Å²) in [6.07, 6.45) is 6.26. The SMILES string of the molecule is Cc1cccn2c(=O)c(C=C(C#N)C#N)c(N3CCCCC3)nc12. The molecule has 1 aliphatic rings. The van der Waals surface area contributed by atoms with Gasteiger partial charge in [-0.3, -0.25) is 9.20 Å². The van der Waals surface area contributed by atoms with Crippen LogP contribution in [-0.4, -0.2) is 22.5 Å². The number of hydrogen-bond donors (Lipinski definition) is 0. The van der Waals surface area contributed by atoms with Gasteiger partial charge >= 0.3 is 0 Å². The fourth-order valence-corrected chi connectivity index (χ4v) is 3.01. The molecule has 0 radical (unpaired) electrons. The second kappa shape index (κ2) is 6.55. The molecule has 0 unspecified atom stereocenters. The average molecular weight is 319 g/mol. The van der Waals surface area contributed by atoms with Gasteiger partial charge < -0.3 is 4.90 Å². The van der Waals surface area contributed by atoms with Crippen LogP contribution < -0.4 is 10.5 Å². The van der Waals surface area contributed by atoms with Crippen molar-refractivity contribution in [3.63, 3.8) is 0 Å². The first-order chi connectivity index (χ1) is 11.7. The average Bonchev–Trinajstić information content (AvgIpc) is 2.62. The van der Waals surface area contributed by atoms with Crippen molar-refractivity contribution in [3.05, 3.63) is 45.4 Å². The number of pyridine rings is 1. The van der Waals surface area contributed by atoms with E-state index >= 15 is 0 Å². The Bertz CT molecular complexity index is 936. The van der Waals surface area contributed by atoms with E-state index in [2.05, 4.69) is 4.90 Å². The van der Waals surface area contributed by atoms with E-state index in [1.54, 1.807) is 12.3 Å². The highest BCUT2D eigenvalue weighted by Crippen LogP contribution is 2.23. The number of piperidine rings is 1. The van der Waals surface area contributed by atoms with Crippen LogP contribution in [0.15, 0.2) is 28.7 Å². The number of nitrogens with zero attached hydrogens (tertiary/aromatic N) is 5. The molecule has 0 spiro atoms. The van der Waals surface area contributed by atoms with Gasteiger partial charge in [0.05, 0.1) is 5.56 Å². The van der Waals surface area contributed by atoms with Crippen molar-refractivity contribution in [2.24, 2.45) is 0 Å². The van der Waals surface area contributed by atoms with E-state index in [1.165, 1.54) is 10.5 Å². The van der Waals surface area contributed by atoms with E-state index in [0.29, 0.717) is 17.0 Å². The predicted octanol–water partition coefficient (Wildman–Crippen LogP) is 2.42. The molecule has 2 aromatic rings.